The van der Waals surface area contributed by atoms with Crippen LogP contribution in [0.15, 0.2) is 66.3 Å². The minimum absolute atomic E-state index is 0.0323. The van der Waals surface area contributed by atoms with Crippen molar-refractivity contribution in [2.24, 2.45) is 0 Å². The van der Waals surface area contributed by atoms with Crippen molar-refractivity contribution < 1.29 is 38.1 Å². The fourth-order valence-corrected chi connectivity index (χ4v) is 3.72. The number of hydrogen-bond donors (Lipinski definition) is 1. The lowest BCUT2D eigenvalue weighted by Crippen LogP contribution is -2.21. The summed E-state index contributed by atoms with van der Waals surface area (Å²) in [5, 5.41) is 3.50. The lowest BCUT2D eigenvalue weighted by Gasteiger charge is -2.16. The maximum Gasteiger partial charge on any atom is 0.305 e. The predicted octanol–water partition coefficient (Wildman–Crippen LogP) is 3.18. The van der Waals surface area contributed by atoms with Gasteiger partial charge in [-0.15, -0.1) is 0 Å². The van der Waals surface area contributed by atoms with Crippen molar-refractivity contribution in [1.29, 1.82) is 0 Å². The van der Waals surface area contributed by atoms with E-state index in [1.165, 1.54) is 20.5 Å². The fourth-order valence-electron chi connectivity index (χ4n) is 3.72. The summed E-state index contributed by atoms with van der Waals surface area (Å²) in [6.07, 6.45) is 4.39. The number of methoxy groups -OCH3 is 3. The summed E-state index contributed by atoms with van der Waals surface area (Å²) >= 11 is 0. The van der Waals surface area contributed by atoms with Gasteiger partial charge in [-0.2, -0.15) is 0 Å². The summed E-state index contributed by atoms with van der Waals surface area (Å²) in [5.74, 6) is 0.267. The third kappa shape index (κ3) is 6.76. The average molecular weight is 534 g/mol. The number of aromatic nitrogens is 2. The van der Waals surface area contributed by atoms with Gasteiger partial charge in [-0.25, -0.2) is 9.97 Å². The fraction of sp³-hybridized carbons (Fsp3) is 0.250. The molecule has 0 unspecified atom stereocenters. The number of carbonyl (C=O) groups excluding carboxylic acids is 3. The van der Waals surface area contributed by atoms with Crippen LogP contribution >= 0.6 is 0 Å². The molecule has 1 heterocycles. The molecular formula is C28H27N3O8. The first-order valence-electron chi connectivity index (χ1n) is 12.0. The van der Waals surface area contributed by atoms with E-state index in [1.54, 1.807) is 43.5 Å². The number of rotatable bonds is 12. The zero-order valence-corrected chi connectivity index (χ0v) is 21.7. The van der Waals surface area contributed by atoms with E-state index in [-0.39, 0.29) is 23.8 Å². The molecule has 4 rings (SSSR count). The van der Waals surface area contributed by atoms with E-state index in [1.807, 2.05) is 0 Å². The van der Waals surface area contributed by atoms with Crippen LogP contribution in [0.1, 0.15) is 12.0 Å². The van der Waals surface area contributed by atoms with Crippen LogP contribution in [0, 0.1) is 0 Å². The zero-order valence-electron chi connectivity index (χ0n) is 21.7. The molecule has 202 valence electrons. The number of ketones is 2. The smallest absolute Gasteiger partial charge is 0.305 e. The van der Waals surface area contributed by atoms with Gasteiger partial charge in [-0.05, 0) is 30.2 Å². The molecule has 0 radical (unpaired) electrons. The number of anilines is 1. The van der Waals surface area contributed by atoms with Gasteiger partial charge in [0.05, 0.1) is 32.0 Å². The molecule has 0 spiro atoms. The van der Waals surface area contributed by atoms with Crippen LogP contribution in [-0.4, -0.2) is 62.0 Å². The van der Waals surface area contributed by atoms with Crippen LogP contribution in [0.5, 0.6) is 17.2 Å². The Morgan fingerprint density at radius 1 is 0.923 bits per heavy atom. The van der Waals surface area contributed by atoms with Crippen molar-refractivity contribution in [3.05, 3.63) is 71.9 Å². The van der Waals surface area contributed by atoms with Crippen molar-refractivity contribution in [1.82, 2.24) is 9.97 Å². The van der Waals surface area contributed by atoms with Crippen molar-refractivity contribution in [2.75, 3.05) is 39.9 Å². The van der Waals surface area contributed by atoms with Gasteiger partial charge in [0, 0.05) is 37.1 Å². The molecule has 0 bridgehead atoms. The van der Waals surface area contributed by atoms with E-state index in [9.17, 15) is 14.4 Å². The number of esters is 1. The Hall–Kier alpha value is -4.77. The minimum Gasteiger partial charge on any atom is -0.493 e. The largest absolute Gasteiger partial charge is 0.493 e. The first-order valence-corrected chi connectivity index (χ1v) is 12.0. The van der Waals surface area contributed by atoms with Gasteiger partial charge >= 0.3 is 5.97 Å². The Balaban J connectivity index is 1.47. The number of fused-ring (bicyclic) bond motifs is 1. The highest BCUT2D eigenvalue weighted by molar-refractivity contribution is 6.20. The summed E-state index contributed by atoms with van der Waals surface area (Å²) < 4.78 is 26.5. The molecule has 0 saturated carbocycles. The van der Waals surface area contributed by atoms with Gasteiger partial charge in [-0.3, -0.25) is 14.4 Å². The van der Waals surface area contributed by atoms with E-state index in [2.05, 4.69) is 20.0 Å². The lowest BCUT2D eigenvalue weighted by molar-refractivity contribution is -0.140. The second-order valence-corrected chi connectivity index (χ2v) is 8.33. The number of aryl methyl sites for hydroxylation is 1. The summed E-state index contributed by atoms with van der Waals surface area (Å²) in [6, 6.07) is 10.3. The third-order valence-electron chi connectivity index (χ3n) is 5.76. The van der Waals surface area contributed by atoms with E-state index in [0.717, 1.165) is 17.7 Å². The Bertz CT molecular complexity index is 1450. The van der Waals surface area contributed by atoms with E-state index < -0.39 is 11.6 Å². The van der Waals surface area contributed by atoms with Crippen molar-refractivity contribution >= 4 is 34.3 Å². The molecule has 0 atom stereocenters. The van der Waals surface area contributed by atoms with Crippen molar-refractivity contribution in [3.8, 4) is 17.2 Å². The average Bonchev–Trinajstić information content (AvgIpc) is 2.95. The molecule has 1 N–H and O–H groups in total. The summed E-state index contributed by atoms with van der Waals surface area (Å²) in [7, 11) is 4.43. The third-order valence-corrected chi connectivity index (χ3v) is 5.76. The topological polar surface area (TPSA) is 135 Å². The molecule has 0 amide bonds. The second kappa shape index (κ2) is 12.7. The number of carbonyl (C=O) groups is 3. The van der Waals surface area contributed by atoms with Gasteiger partial charge in [-0.1, -0.05) is 12.1 Å². The molecule has 0 saturated heterocycles. The Kier molecular flexibility index (Phi) is 8.85. The monoisotopic (exact) mass is 533 g/mol. The molecule has 2 aromatic carbocycles. The highest BCUT2D eigenvalue weighted by Gasteiger charge is 2.23. The standard InChI is InChI=1S/C28H27N3O8/c1-35-10-11-38-26-14-20-19(12-25(26)36-2)28(30-16-29-20)31-21-13-23(33)24(15-22(21)32)39-18-7-4-17(5-8-18)6-9-27(34)37-3/h4-5,7-8,12-16H,6,9-11H2,1-3H3,(H,29,30,31). The van der Waals surface area contributed by atoms with Gasteiger partial charge in [0.1, 0.15) is 24.5 Å². The van der Waals surface area contributed by atoms with Gasteiger partial charge in [0.25, 0.3) is 0 Å². The Labute approximate surface area is 224 Å². The normalized spacial score (nSPS) is 13.0. The SMILES string of the molecule is COCCOc1cc2ncnc(NC3=CC(=O)C(Oc4ccc(CCC(=O)OC)cc4)=CC3=O)c2cc1OC. The number of ether oxygens (including phenoxy) is 5. The van der Waals surface area contributed by atoms with Crippen LogP contribution < -0.4 is 19.5 Å². The Morgan fingerprint density at radius 3 is 2.44 bits per heavy atom. The van der Waals surface area contributed by atoms with Crippen molar-refractivity contribution in [3.63, 3.8) is 0 Å². The molecule has 11 heteroatoms. The number of allylic oxidation sites excluding steroid dienone is 2. The maximum atomic E-state index is 12.9. The Morgan fingerprint density at radius 2 is 1.72 bits per heavy atom. The highest BCUT2D eigenvalue weighted by Crippen LogP contribution is 2.34. The molecule has 3 aromatic rings. The highest BCUT2D eigenvalue weighted by atomic mass is 16.5. The molecule has 1 aromatic heterocycles. The van der Waals surface area contributed by atoms with Gasteiger partial charge in [0.2, 0.25) is 11.6 Å². The summed E-state index contributed by atoms with van der Waals surface area (Å²) in [4.78, 5) is 45.5. The zero-order chi connectivity index (χ0) is 27.8. The summed E-state index contributed by atoms with van der Waals surface area (Å²) in [5.41, 5.74) is 1.48. The number of benzene rings is 2. The molecule has 11 nitrogen and oxygen atoms in total. The van der Waals surface area contributed by atoms with Crippen LogP contribution in [0.4, 0.5) is 5.82 Å². The van der Waals surface area contributed by atoms with Crippen molar-refractivity contribution in [2.45, 2.75) is 12.8 Å². The summed E-state index contributed by atoms with van der Waals surface area (Å²) in [6.45, 7) is 0.734. The first-order chi connectivity index (χ1) is 18.9. The molecule has 0 aliphatic heterocycles. The first kappa shape index (κ1) is 27.3. The van der Waals surface area contributed by atoms with Gasteiger partial charge in [0.15, 0.2) is 17.3 Å². The molecule has 0 fully saturated rings. The van der Waals surface area contributed by atoms with Crippen LogP contribution in [0.25, 0.3) is 10.9 Å². The number of nitrogens with one attached hydrogen (secondary N) is 1. The van der Waals surface area contributed by atoms with Gasteiger partial charge < -0.3 is 29.0 Å². The quantitative estimate of drug-likeness (QED) is 0.209. The molecule has 39 heavy (non-hydrogen) atoms. The van der Waals surface area contributed by atoms with Crippen LogP contribution in [0.3, 0.4) is 0 Å². The van der Waals surface area contributed by atoms with Crippen LogP contribution in [0.2, 0.25) is 0 Å². The predicted molar refractivity (Wildman–Crippen MR) is 141 cm³/mol. The number of hydrogen-bond acceptors (Lipinski definition) is 11. The lowest BCUT2D eigenvalue weighted by atomic mass is 10.1. The van der Waals surface area contributed by atoms with E-state index in [0.29, 0.717) is 53.6 Å². The molecule has 1 aliphatic carbocycles. The van der Waals surface area contributed by atoms with Crippen LogP contribution in [-0.2, 0) is 30.3 Å². The molecular weight excluding hydrogens is 506 g/mol. The van der Waals surface area contributed by atoms with E-state index in [4.69, 9.17) is 18.9 Å². The maximum absolute atomic E-state index is 12.9. The number of nitrogens with zero attached hydrogens (tertiary/aromatic N) is 2. The molecule has 1 aliphatic rings. The van der Waals surface area contributed by atoms with E-state index >= 15 is 0 Å². The second-order valence-electron chi connectivity index (χ2n) is 8.33. The minimum atomic E-state index is -0.489.